The van der Waals surface area contributed by atoms with Gasteiger partial charge in [0, 0.05) is 31.4 Å². The molecule has 2 aromatic carbocycles. The number of carbonyl (C=O) groups is 2. The largest absolute Gasteiger partial charge is 0.485 e. The molecular weight excluding hydrogens is 510 g/mol. The molecule has 0 N–H and O–H groups in total. The Balaban J connectivity index is 1.62. The van der Waals surface area contributed by atoms with Gasteiger partial charge in [0.25, 0.3) is 0 Å². The van der Waals surface area contributed by atoms with E-state index in [0.717, 1.165) is 56.3 Å². The molecule has 4 rings (SSSR count). The molecule has 1 fully saturated rings. The molecule has 1 saturated heterocycles. The Morgan fingerprint density at radius 2 is 1.77 bits per heavy atom. The third-order valence-corrected chi connectivity index (χ3v) is 7.57. The van der Waals surface area contributed by atoms with Crippen LogP contribution >= 0.6 is 0 Å². The fraction of sp³-hybridized carbons (Fsp3) is 0.562. The van der Waals surface area contributed by atoms with Crippen molar-refractivity contribution >= 4 is 11.9 Å². The molecule has 1 heterocycles. The molecule has 40 heavy (non-hydrogen) atoms. The predicted octanol–water partition coefficient (Wildman–Crippen LogP) is 5.23. The van der Waals surface area contributed by atoms with Crippen LogP contribution in [0.5, 0.6) is 11.5 Å². The minimum absolute atomic E-state index is 0.225. The summed E-state index contributed by atoms with van der Waals surface area (Å²) >= 11 is 0. The van der Waals surface area contributed by atoms with Crippen LogP contribution in [-0.4, -0.2) is 61.6 Å². The fourth-order valence-electron chi connectivity index (χ4n) is 5.79. The second kappa shape index (κ2) is 14.5. The quantitative estimate of drug-likeness (QED) is 0.330. The molecule has 4 unspecified atom stereocenters. The third kappa shape index (κ3) is 7.76. The van der Waals surface area contributed by atoms with E-state index in [1.54, 1.807) is 0 Å². The van der Waals surface area contributed by atoms with Crippen LogP contribution in [-0.2, 0) is 43.2 Å². The van der Waals surface area contributed by atoms with Crippen molar-refractivity contribution in [3.8, 4) is 11.5 Å². The van der Waals surface area contributed by atoms with E-state index in [2.05, 4.69) is 24.8 Å². The van der Waals surface area contributed by atoms with Crippen molar-refractivity contribution in [2.24, 2.45) is 0 Å². The number of methoxy groups -OCH3 is 1. The number of fused-ring (bicyclic) bond motifs is 1. The van der Waals surface area contributed by atoms with E-state index in [1.165, 1.54) is 19.6 Å². The number of carbonyl (C=O) groups excluding carboxylic acids is 2. The third-order valence-electron chi connectivity index (χ3n) is 7.57. The van der Waals surface area contributed by atoms with Crippen LogP contribution in [0.3, 0.4) is 0 Å². The lowest BCUT2D eigenvalue weighted by molar-refractivity contribution is -0.204. The fourth-order valence-corrected chi connectivity index (χ4v) is 5.79. The van der Waals surface area contributed by atoms with Crippen molar-refractivity contribution in [2.75, 3.05) is 20.2 Å². The molecule has 1 aliphatic heterocycles. The van der Waals surface area contributed by atoms with E-state index >= 15 is 0 Å². The number of benzene rings is 2. The minimum Gasteiger partial charge on any atom is -0.485 e. The van der Waals surface area contributed by atoms with Gasteiger partial charge in [-0.1, -0.05) is 50.2 Å². The van der Waals surface area contributed by atoms with E-state index in [4.69, 9.17) is 23.7 Å². The minimum atomic E-state index is -0.887. The molecule has 1 aliphatic carbocycles. The average Bonchev–Trinajstić information content (AvgIpc) is 2.96. The Kier molecular flexibility index (Phi) is 10.8. The van der Waals surface area contributed by atoms with E-state index in [1.807, 2.05) is 36.4 Å². The highest BCUT2D eigenvalue weighted by molar-refractivity contribution is 5.75. The normalized spacial score (nSPS) is 22.3. The van der Waals surface area contributed by atoms with Gasteiger partial charge in [-0.2, -0.15) is 0 Å². The monoisotopic (exact) mass is 553 g/mol. The highest BCUT2D eigenvalue weighted by Crippen LogP contribution is 2.41. The van der Waals surface area contributed by atoms with Gasteiger partial charge in [0.05, 0.1) is 7.11 Å². The number of hydrogen-bond donors (Lipinski definition) is 0. The second-order valence-electron chi connectivity index (χ2n) is 10.6. The van der Waals surface area contributed by atoms with Crippen LogP contribution in [0.4, 0.5) is 0 Å². The lowest BCUT2D eigenvalue weighted by Crippen LogP contribution is -2.44. The van der Waals surface area contributed by atoms with Gasteiger partial charge in [0.2, 0.25) is 6.29 Å². The van der Waals surface area contributed by atoms with E-state index < -0.39 is 30.4 Å². The molecule has 0 aromatic heterocycles. The maximum Gasteiger partial charge on any atom is 0.335 e. The molecule has 0 saturated carbocycles. The van der Waals surface area contributed by atoms with Gasteiger partial charge in [-0.05, 0) is 62.4 Å². The summed E-state index contributed by atoms with van der Waals surface area (Å²) in [6, 6.07) is 14.6. The number of hydrogen-bond acceptors (Lipinski definition) is 8. The van der Waals surface area contributed by atoms with Crippen molar-refractivity contribution in [1.29, 1.82) is 0 Å². The highest BCUT2D eigenvalue weighted by Gasteiger charge is 2.38. The Hall–Kier alpha value is -3.10. The Bertz CT molecular complexity index is 1120. The zero-order chi connectivity index (χ0) is 28.5. The van der Waals surface area contributed by atoms with Crippen molar-refractivity contribution in [3.63, 3.8) is 0 Å². The van der Waals surface area contributed by atoms with Crippen LogP contribution in [0.15, 0.2) is 42.5 Å². The summed E-state index contributed by atoms with van der Waals surface area (Å²) in [7, 11) is 1.32. The van der Waals surface area contributed by atoms with Crippen molar-refractivity contribution in [1.82, 2.24) is 4.90 Å². The summed E-state index contributed by atoms with van der Waals surface area (Å²) in [6.45, 7) is 8.41. The molecule has 0 radical (unpaired) electrons. The molecule has 0 spiro atoms. The summed E-state index contributed by atoms with van der Waals surface area (Å²) in [5.74, 6) is 0.346. The molecule has 8 nitrogen and oxygen atoms in total. The molecule has 218 valence electrons. The zero-order valence-corrected chi connectivity index (χ0v) is 24.2. The van der Waals surface area contributed by atoms with Gasteiger partial charge in [0.1, 0.15) is 12.7 Å². The van der Waals surface area contributed by atoms with Gasteiger partial charge >= 0.3 is 11.9 Å². The van der Waals surface area contributed by atoms with Gasteiger partial charge < -0.3 is 28.6 Å². The zero-order valence-electron chi connectivity index (χ0n) is 24.2. The smallest absolute Gasteiger partial charge is 0.335 e. The first kappa shape index (κ1) is 29.9. The average molecular weight is 554 g/mol. The van der Waals surface area contributed by atoms with Crippen LogP contribution < -0.4 is 9.47 Å². The van der Waals surface area contributed by atoms with Gasteiger partial charge in [-0.15, -0.1) is 0 Å². The van der Waals surface area contributed by atoms with Crippen LogP contribution in [0.1, 0.15) is 69.6 Å². The highest BCUT2D eigenvalue weighted by atomic mass is 16.7. The van der Waals surface area contributed by atoms with Crippen LogP contribution in [0.25, 0.3) is 0 Å². The lowest BCUT2D eigenvalue weighted by atomic mass is 9.86. The Morgan fingerprint density at radius 1 is 1.02 bits per heavy atom. The Labute approximate surface area is 237 Å². The van der Waals surface area contributed by atoms with E-state index in [-0.39, 0.29) is 6.42 Å². The Morgan fingerprint density at radius 3 is 2.45 bits per heavy atom. The maximum absolute atomic E-state index is 12.4. The first-order valence-electron chi connectivity index (χ1n) is 14.5. The summed E-state index contributed by atoms with van der Waals surface area (Å²) < 4.78 is 29.3. The lowest BCUT2D eigenvalue weighted by Gasteiger charge is -2.37. The molecule has 0 bridgehead atoms. The van der Waals surface area contributed by atoms with Crippen LogP contribution in [0, 0.1) is 0 Å². The number of rotatable bonds is 12. The standard InChI is InChI=1S/C32H43NO7/c1-5-16-33(17-6-2)25-13-14-27-24(18-25)12-15-28(37-21-23-10-8-7-9-11-23)31(27)40-30-20-26(38-22(3)34)19-29(39-30)32(35)36-4/h7-12,15,25-26,29-30H,5-6,13-14,16-21H2,1-4H3. The molecule has 0 amide bonds. The van der Waals surface area contributed by atoms with Gasteiger partial charge in [0.15, 0.2) is 17.6 Å². The molecule has 2 aromatic rings. The molecule has 8 heteroatoms. The molecule has 4 atom stereocenters. The molecular formula is C32H43NO7. The SMILES string of the molecule is CCCN(CCC)C1CCc2c(ccc(OCc3ccccc3)c2OC2CC(OC(C)=O)CC(C(=O)OC)O2)C1. The summed E-state index contributed by atoms with van der Waals surface area (Å²) in [4.78, 5) is 26.7. The maximum atomic E-state index is 12.4. The summed E-state index contributed by atoms with van der Waals surface area (Å²) in [6.07, 6.45) is 3.40. The number of nitrogens with zero attached hydrogens (tertiary/aromatic N) is 1. The number of esters is 2. The topological polar surface area (TPSA) is 83.5 Å². The first-order chi connectivity index (χ1) is 19.4. The van der Waals surface area contributed by atoms with Crippen LogP contribution in [0.2, 0.25) is 0 Å². The van der Waals surface area contributed by atoms with E-state index in [9.17, 15) is 9.59 Å². The summed E-state index contributed by atoms with van der Waals surface area (Å²) in [5.41, 5.74) is 3.41. The van der Waals surface area contributed by atoms with Gasteiger partial charge in [-0.25, -0.2) is 4.79 Å². The second-order valence-corrected chi connectivity index (χ2v) is 10.6. The van der Waals surface area contributed by atoms with E-state index in [0.29, 0.717) is 30.6 Å². The first-order valence-corrected chi connectivity index (χ1v) is 14.5. The van der Waals surface area contributed by atoms with Crippen molar-refractivity contribution < 1.29 is 33.3 Å². The number of ether oxygens (including phenoxy) is 5. The van der Waals surface area contributed by atoms with Crippen molar-refractivity contribution in [2.45, 2.75) is 96.9 Å². The predicted molar refractivity (Wildman–Crippen MR) is 151 cm³/mol. The molecule has 2 aliphatic rings. The summed E-state index contributed by atoms with van der Waals surface area (Å²) in [5, 5.41) is 0. The van der Waals surface area contributed by atoms with Crippen molar-refractivity contribution in [3.05, 3.63) is 59.2 Å². The van der Waals surface area contributed by atoms with Gasteiger partial charge in [-0.3, -0.25) is 4.79 Å².